The summed E-state index contributed by atoms with van der Waals surface area (Å²) in [6.07, 6.45) is 2.84. The van der Waals surface area contributed by atoms with Crippen LogP contribution in [0.25, 0.3) is 0 Å². The number of aromatic nitrogens is 2. The number of urea groups is 1. The Kier molecular flexibility index (Phi) is 16.7. The maximum atomic E-state index is 14.2. The number of ether oxygens (including phenoxy) is 2. The van der Waals surface area contributed by atoms with Crippen molar-refractivity contribution >= 4 is 40.7 Å². The highest BCUT2D eigenvalue weighted by Crippen LogP contribution is 2.20. The summed E-state index contributed by atoms with van der Waals surface area (Å²) < 4.78 is 11.6. The van der Waals surface area contributed by atoms with E-state index in [2.05, 4.69) is 39.8 Å². The molecule has 3 N–H and O–H groups in total. The minimum Gasteiger partial charge on any atom is -0.444 e. The first kappa shape index (κ1) is 41.4. The first-order valence-corrected chi connectivity index (χ1v) is 20.0. The van der Waals surface area contributed by atoms with Crippen LogP contribution in [0.3, 0.4) is 0 Å². The monoisotopic (exact) mass is 762 g/mol. The van der Waals surface area contributed by atoms with Crippen molar-refractivity contribution in [2.24, 2.45) is 5.92 Å². The number of hydrogen-bond acceptors (Lipinski definition) is 9. The largest absolute Gasteiger partial charge is 0.444 e. The van der Waals surface area contributed by atoms with Crippen molar-refractivity contribution in [3.05, 3.63) is 104 Å². The van der Waals surface area contributed by atoms with E-state index < -0.39 is 24.3 Å². The number of amides is 4. The van der Waals surface area contributed by atoms with E-state index in [1.165, 1.54) is 16.2 Å². The maximum absolute atomic E-state index is 14.2. The number of nitrogens with zero attached hydrogens (tertiary/aromatic N) is 3. The predicted octanol–water partition coefficient (Wildman–Crippen LogP) is 7.34. The Labute approximate surface area is 321 Å². The normalized spacial score (nSPS) is 13.6. The molecule has 0 saturated carbocycles. The summed E-state index contributed by atoms with van der Waals surface area (Å²) in [6.45, 7) is 11.0. The molecule has 4 unspecified atom stereocenters. The minimum absolute atomic E-state index is 0.142. The van der Waals surface area contributed by atoms with Gasteiger partial charge in [0.15, 0.2) is 0 Å². The lowest BCUT2D eigenvalue weighted by Crippen LogP contribution is -2.57. The molecule has 53 heavy (non-hydrogen) atoms. The molecule has 0 radical (unpaired) electrons. The van der Waals surface area contributed by atoms with Gasteiger partial charge in [0, 0.05) is 43.2 Å². The molecule has 0 aliphatic heterocycles. The highest BCUT2D eigenvalue weighted by atomic mass is 32.1. The quantitative estimate of drug-likeness (QED) is 0.0858. The summed E-state index contributed by atoms with van der Waals surface area (Å²) in [5.41, 5.74) is 4.63. The van der Waals surface area contributed by atoms with E-state index >= 15 is 0 Å². The molecule has 0 saturated heterocycles. The SMILES string of the molecule is CC(C)COC(C)C(NC(=O)N(C)Cc1csc(C(C)C)n1)C(=O)NC(CCC(Cc1ccccc1)NC(=O)OCc1cncs1)Cc1ccccc1. The van der Waals surface area contributed by atoms with Crippen LogP contribution in [0.4, 0.5) is 9.59 Å². The van der Waals surface area contributed by atoms with Crippen LogP contribution < -0.4 is 16.0 Å². The average Bonchev–Trinajstić information content (AvgIpc) is 3.84. The van der Waals surface area contributed by atoms with Gasteiger partial charge >= 0.3 is 12.1 Å². The second kappa shape index (κ2) is 21.4. The number of alkyl carbamates (subject to hydrolysis) is 1. The van der Waals surface area contributed by atoms with Gasteiger partial charge in [0.1, 0.15) is 12.6 Å². The smallest absolute Gasteiger partial charge is 0.407 e. The Hall–Kier alpha value is -4.33. The fraction of sp³-hybridized carbons (Fsp3) is 0.475. The van der Waals surface area contributed by atoms with Gasteiger partial charge < -0.3 is 30.3 Å². The summed E-state index contributed by atoms with van der Waals surface area (Å²) in [5, 5.41) is 12.2. The fourth-order valence-corrected chi connectivity index (χ4v) is 6.99. The number of thiazole rings is 2. The van der Waals surface area contributed by atoms with Crippen LogP contribution in [0.5, 0.6) is 0 Å². The van der Waals surface area contributed by atoms with Gasteiger partial charge in [-0.25, -0.2) is 14.6 Å². The molecule has 4 atom stereocenters. The van der Waals surface area contributed by atoms with Crippen LogP contribution in [0.1, 0.15) is 80.1 Å². The highest BCUT2D eigenvalue weighted by molar-refractivity contribution is 7.09. The fourth-order valence-electron chi connectivity index (χ4n) is 5.65. The van der Waals surface area contributed by atoms with Crippen LogP contribution >= 0.6 is 22.7 Å². The molecule has 13 heteroatoms. The van der Waals surface area contributed by atoms with Crippen LogP contribution in [-0.4, -0.2) is 70.8 Å². The van der Waals surface area contributed by atoms with E-state index in [1.807, 2.05) is 86.8 Å². The van der Waals surface area contributed by atoms with Crippen LogP contribution in [0.15, 0.2) is 77.8 Å². The lowest BCUT2D eigenvalue weighted by molar-refractivity contribution is -0.127. The van der Waals surface area contributed by atoms with Crippen molar-refractivity contribution in [1.29, 1.82) is 0 Å². The highest BCUT2D eigenvalue weighted by Gasteiger charge is 2.31. The zero-order chi connectivity index (χ0) is 38.2. The molecule has 2 aromatic carbocycles. The van der Waals surface area contributed by atoms with Crippen LogP contribution in [-0.2, 0) is 40.3 Å². The average molecular weight is 763 g/mol. The molecule has 0 aliphatic carbocycles. The third-order valence-corrected chi connectivity index (χ3v) is 10.5. The zero-order valence-electron chi connectivity index (χ0n) is 31.6. The maximum Gasteiger partial charge on any atom is 0.407 e. The third kappa shape index (κ3) is 14.5. The molecule has 0 bridgehead atoms. The molecule has 0 spiro atoms. The van der Waals surface area contributed by atoms with E-state index in [1.54, 1.807) is 30.1 Å². The molecular weight excluding hydrogens is 709 g/mol. The molecule has 4 rings (SSSR count). The second-order valence-electron chi connectivity index (χ2n) is 14.1. The Morgan fingerprint density at radius 1 is 0.830 bits per heavy atom. The van der Waals surface area contributed by atoms with Gasteiger partial charge in [0.05, 0.1) is 33.7 Å². The van der Waals surface area contributed by atoms with Crippen molar-refractivity contribution in [2.45, 2.75) is 104 Å². The Morgan fingerprint density at radius 3 is 2.00 bits per heavy atom. The summed E-state index contributed by atoms with van der Waals surface area (Å²) in [6, 6.07) is 18.0. The molecular formula is C40H54N6O5S2. The van der Waals surface area contributed by atoms with Crippen LogP contribution in [0, 0.1) is 5.92 Å². The Bertz CT molecular complexity index is 1670. The first-order valence-electron chi connectivity index (χ1n) is 18.2. The number of carbonyl (C=O) groups excluding carboxylic acids is 3. The molecule has 2 aromatic heterocycles. The Balaban J connectivity index is 1.49. The van der Waals surface area contributed by atoms with Gasteiger partial charge in [-0.2, -0.15) is 0 Å². The third-order valence-electron chi connectivity index (χ3n) is 8.54. The van der Waals surface area contributed by atoms with Gasteiger partial charge in [-0.05, 0) is 49.7 Å². The van der Waals surface area contributed by atoms with Crippen LogP contribution in [0.2, 0.25) is 0 Å². The zero-order valence-corrected chi connectivity index (χ0v) is 33.3. The molecule has 286 valence electrons. The number of carbonyl (C=O) groups is 3. The van der Waals surface area contributed by atoms with E-state index in [0.717, 1.165) is 26.7 Å². The predicted molar refractivity (Wildman–Crippen MR) is 211 cm³/mol. The first-order chi connectivity index (χ1) is 25.5. The number of nitrogens with one attached hydrogen (secondary N) is 3. The van der Waals surface area contributed by atoms with E-state index in [4.69, 9.17) is 9.47 Å². The van der Waals surface area contributed by atoms with Gasteiger partial charge in [-0.1, -0.05) is 88.4 Å². The van der Waals surface area contributed by atoms with E-state index in [-0.39, 0.29) is 30.5 Å². The van der Waals surface area contributed by atoms with Gasteiger partial charge in [-0.15, -0.1) is 22.7 Å². The van der Waals surface area contributed by atoms with Crippen molar-refractivity contribution in [2.75, 3.05) is 13.7 Å². The summed E-state index contributed by atoms with van der Waals surface area (Å²) in [5.74, 6) is 0.209. The number of benzene rings is 2. The molecule has 4 aromatic rings. The number of rotatable bonds is 20. The molecule has 0 aliphatic rings. The topological polar surface area (TPSA) is 135 Å². The van der Waals surface area contributed by atoms with Crippen molar-refractivity contribution in [3.8, 4) is 0 Å². The Morgan fingerprint density at radius 2 is 1.45 bits per heavy atom. The van der Waals surface area contributed by atoms with E-state index in [0.29, 0.717) is 44.8 Å². The van der Waals surface area contributed by atoms with E-state index in [9.17, 15) is 14.4 Å². The number of hydrogen-bond donors (Lipinski definition) is 3. The standard InChI is InChI=1S/C40H54N6O5S2/c1-27(2)23-50-29(5)36(45-39(48)46(6)22-34-25-52-38(43-34)28(3)4)37(47)42-32(19-30-13-9-7-10-14-30)17-18-33(20-31-15-11-8-12-16-31)44-40(49)51-24-35-21-41-26-53-35/h7-16,21,25-29,32-33,36H,17-20,22-24H2,1-6H3,(H,42,47)(H,44,49)(H,45,48). The molecule has 11 nitrogen and oxygen atoms in total. The van der Waals surface area contributed by atoms with Crippen molar-refractivity contribution in [1.82, 2.24) is 30.8 Å². The van der Waals surface area contributed by atoms with Gasteiger partial charge in [0.2, 0.25) is 5.91 Å². The summed E-state index contributed by atoms with van der Waals surface area (Å²) in [7, 11) is 1.69. The molecule has 0 fully saturated rings. The lowest BCUT2D eigenvalue weighted by Gasteiger charge is -2.30. The lowest BCUT2D eigenvalue weighted by atomic mass is 9.95. The summed E-state index contributed by atoms with van der Waals surface area (Å²) in [4.78, 5) is 51.8. The second-order valence-corrected chi connectivity index (χ2v) is 16.0. The van der Waals surface area contributed by atoms with Crippen molar-refractivity contribution < 1.29 is 23.9 Å². The molecule has 2 heterocycles. The summed E-state index contributed by atoms with van der Waals surface area (Å²) >= 11 is 3.00. The minimum atomic E-state index is -0.955. The van der Waals surface area contributed by atoms with Crippen molar-refractivity contribution in [3.63, 3.8) is 0 Å². The molecule has 4 amide bonds. The van der Waals surface area contributed by atoms with Gasteiger partial charge in [-0.3, -0.25) is 9.78 Å². The van der Waals surface area contributed by atoms with Gasteiger partial charge in [0.25, 0.3) is 0 Å².